The Morgan fingerprint density at radius 3 is 2.56 bits per heavy atom. The molecule has 0 saturated heterocycles. The third-order valence-corrected chi connectivity index (χ3v) is 4.09. The zero-order valence-corrected chi connectivity index (χ0v) is 11.5. The van der Waals surface area contributed by atoms with E-state index in [1.54, 1.807) is 24.3 Å². The molecule has 0 aliphatic rings. The van der Waals surface area contributed by atoms with Crippen LogP contribution in [0.15, 0.2) is 24.3 Å². The summed E-state index contributed by atoms with van der Waals surface area (Å²) >= 11 is 5.73. The van der Waals surface area contributed by atoms with Gasteiger partial charge in [-0.15, -0.1) is 0 Å². The summed E-state index contributed by atoms with van der Waals surface area (Å²) < 4.78 is 27.1. The average Bonchev–Trinajstić information content (AvgIpc) is 2.35. The van der Waals surface area contributed by atoms with Crippen LogP contribution in [0.2, 0.25) is 5.02 Å². The van der Waals surface area contributed by atoms with Gasteiger partial charge in [0.05, 0.1) is 6.07 Å². The number of nitrogens with zero attached hydrogens (tertiary/aromatic N) is 2. The molecule has 98 valence electrons. The molecule has 1 N–H and O–H groups in total. The van der Waals surface area contributed by atoms with E-state index in [9.17, 15) is 8.42 Å². The minimum absolute atomic E-state index is 0.165. The van der Waals surface area contributed by atoms with Crippen molar-refractivity contribution in [3.63, 3.8) is 0 Å². The van der Waals surface area contributed by atoms with Crippen LogP contribution in [-0.4, -0.2) is 26.3 Å². The number of hydrogen-bond acceptors (Lipinski definition) is 3. The van der Waals surface area contributed by atoms with E-state index in [2.05, 4.69) is 4.72 Å². The molecule has 0 fully saturated rings. The smallest absolute Gasteiger partial charge is 0.198 e. The predicted molar refractivity (Wildman–Crippen MR) is 70.1 cm³/mol. The van der Waals surface area contributed by atoms with Gasteiger partial charge in [-0.2, -0.15) is 22.7 Å². The molecule has 0 aliphatic carbocycles. The summed E-state index contributed by atoms with van der Waals surface area (Å²) in [6.07, 6.45) is 0.165. The molecule has 1 rings (SSSR count). The summed E-state index contributed by atoms with van der Waals surface area (Å²) in [6.45, 7) is 0.364. The zero-order valence-electron chi connectivity index (χ0n) is 9.93. The van der Waals surface area contributed by atoms with Gasteiger partial charge < -0.3 is 0 Å². The largest absolute Gasteiger partial charge is 0.279 e. The maximum atomic E-state index is 11.8. The quantitative estimate of drug-likeness (QED) is 0.862. The number of nitrogens with one attached hydrogen (secondary N) is 1. The van der Waals surface area contributed by atoms with Crippen LogP contribution in [0.3, 0.4) is 0 Å². The maximum absolute atomic E-state index is 11.8. The van der Waals surface area contributed by atoms with E-state index in [4.69, 9.17) is 16.9 Å². The predicted octanol–water partition coefficient (Wildman–Crippen LogP) is 1.52. The average molecular weight is 288 g/mol. The second kappa shape index (κ2) is 6.71. The van der Waals surface area contributed by atoms with Crippen molar-refractivity contribution in [2.75, 3.05) is 13.6 Å². The van der Waals surface area contributed by atoms with Crippen molar-refractivity contribution < 1.29 is 8.42 Å². The second-order valence-corrected chi connectivity index (χ2v) is 5.98. The molecule has 0 amide bonds. The first-order valence-electron chi connectivity index (χ1n) is 5.28. The van der Waals surface area contributed by atoms with Gasteiger partial charge in [0.25, 0.3) is 10.2 Å². The molecule has 0 aromatic heterocycles. The lowest BCUT2D eigenvalue weighted by atomic mass is 10.2. The first-order valence-corrected chi connectivity index (χ1v) is 7.10. The van der Waals surface area contributed by atoms with Crippen LogP contribution in [0, 0.1) is 11.3 Å². The summed E-state index contributed by atoms with van der Waals surface area (Å²) in [5.41, 5.74) is 0.816. The van der Waals surface area contributed by atoms with Crippen LogP contribution < -0.4 is 4.72 Å². The maximum Gasteiger partial charge on any atom is 0.279 e. The van der Waals surface area contributed by atoms with E-state index in [-0.39, 0.29) is 19.5 Å². The van der Waals surface area contributed by atoms with Gasteiger partial charge >= 0.3 is 0 Å². The molecular weight excluding hydrogens is 274 g/mol. The summed E-state index contributed by atoms with van der Waals surface area (Å²) in [5.74, 6) is 0. The zero-order chi connectivity index (χ0) is 13.6. The van der Waals surface area contributed by atoms with Crippen molar-refractivity contribution in [3.8, 4) is 6.07 Å². The van der Waals surface area contributed by atoms with Gasteiger partial charge in [0.15, 0.2) is 0 Å². The lowest BCUT2D eigenvalue weighted by Gasteiger charge is -2.16. The molecular formula is C11H14ClN3O2S. The van der Waals surface area contributed by atoms with Crippen LogP contribution in [0.5, 0.6) is 0 Å². The molecule has 0 radical (unpaired) electrons. The Kier molecular flexibility index (Phi) is 5.56. The highest BCUT2D eigenvalue weighted by atomic mass is 35.5. The molecule has 0 aliphatic heterocycles. The summed E-state index contributed by atoms with van der Waals surface area (Å²) in [6, 6.07) is 8.80. The van der Waals surface area contributed by atoms with Gasteiger partial charge in [0.2, 0.25) is 0 Å². The van der Waals surface area contributed by atoms with E-state index < -0.39 is 10.2 Å². The Morgan fingerprint density at radius 2 is 2.00 bits per heavy atom. The third-order valence-electron chi connectivity index (χ3n) is 2.32. The lowest BCUT2D eigenvalue weighted by molar-refractivity contribution is 0.464. The van der Waals surface area contributed by atoms with Crippen molar-refractivity contribution in [2.45, 2.75) is 13.0 Å². The van der Waals surface area contributed by atoms with Crippen molar-refractivity contribution in [1.29, 1.82) is 5.26 Å². The van der Waals surface area contributed by atoms with E-state index >= 15 is 0 Å². The Balaban J connectivity index is 2.56. The highest BCUT2D eigenvalue weighted by molar-refractivity contribution is 7.87. The van der Waals surface area contributed by atoms with Crippen molar-refractivity contribution >= 4 is 21.8 Å². The van der Waals surface area contributed by atoms with Crippen molar-refractivity contribution in [1.82, 2.24) is 9.03 Å². The van der Waals surface area contributed by atoms with Gasteiger partial charge in [-0.05, 0) is 17.7 Å². The summed E-state index contributed by atoms with van der Waals surface area (Å²) in [5, 5.41) is 9.01. The fourth-order valence-corrected chi connectivity index (χ4v) is 2.24. The number of halogens is 1. The SMILES string of the molecule is CN(CCC#N)S(=O)(=O)NCc1ccc(Cl)cc1. The Morgan fingerprint density at radius 1 is 1.39 bits per heavy atom. The fraction of sp³-hybridized carbons (Fsp3) is 0.364. The number of rotatable bonds is 6. The molecule has 0 spiro atoms. The highest BCUT2D eigenvalue weighted by Crippen LogP contribution is 2.09. The molecule has 18 heavy (non-hydrogen) atoms. The van der Waals surface area contributed by atoms with E-state index in [0.29, 0.717) is 5.02 Å². The molecule has 0 atom stereocenters. The molecule has 0 bridgehead atoms. The Hall–Kier alpha value is -1.13. The first-order chi connectivity index (χ1) is 8.45. The number of hydrogen-bond donors (Lipinski definition) is 1. The first kappa shape index (κ1) is 14.9. The fourth-order valence-electron chi connectivity index (χ4n) is 1.21. The molecule has 1 aromatic rings. The van der Waals surface area contributed by atoms with Gasteiger partial charge in [-0.1, -0.05) is 23.7 Å². The van der Waals surface area contributed by atoms with Crippen LogP contribution >= 0.6 is 11.6 Å². The minimum atomic E-state index is -3.54. The van der Waals surface area contributed by atoms with Crippen LogP contribution in [0.1, 0.15) is 12.0 Å². The van der Waals surface area contributed by atoms with Gasteiger partial charge in [-0.3, -0.25) is 0 Å². The third kappa shape index (κ3) is 4.63. The monoisotopic (exact) mass is 287 g/mol. The number of benzene rings is 1. The minimum Gasteiger partial charge on any atom is -0.198 e. The lowest BCUT2D eigenvalue weighted by Crippen LogP contribution is -2.38. The normalized spacial score (nSPS) is 11.4. The van der Waals surface area contributed by atoms with Crippen LogP contribution in [-0.2, 0) is 16.8 Å². The number of nitriles is 1. The van der Waals surface area contributed by atoms with Crippen molar-refractivity contribution in [3.05, 3.63) is 34.9 Å². The van der Waals surface area contributed by atoms with Gasteiger partial charge in [-0.25, -0.2) is 0 Å². The topological polar surface area (TPSA) is 73.2 Å². The molecule has 1 aromatic carbocycles. The molecule has 7 heteroatoms. The molecule has 0 saturated carbocycles. The van der Waals surface area contributed by atoms with E-state index in [1.165, 1.54) is 7.05 Å². The van der Waals surface area contributed by atoms with Gasteiger partial charge in [0.1, 0.15) is 0 Å². The molecule has 0 heterocycles. The standard InChI is InChI=1S/C11H14ClN3O2S/c1-15(8-2-7-13)18(16,17)14-9-10-3-5-11(12)6-4-10/h3-6,14H,2,8-9H2,1H3. The molecule has 0 unspecified atom stereocenters. The summed E-state index contributed by atoms with van der Waals surface area (Å²) in [4.78, 5) is 0. The highest BCUT2D eigenvalue weighted by Gasteiger charge is 2.16. The Bertz CT molecular complexity index is 522. The van der Waals surface area contributed by atoms with Crippen molar-refractivity contribution in [2.24, 2.45) is 0 Å². The summed E-state index contributed by atoms with van der Waals surface area (Å²) in [7, 11) is -2.11. The Labute approximate surface area is 112 Å². The van der Waals surface area contributed by atoms with E-state index in [1.807, 2.05) is 6.07 Å². The second-order valence-electron chi connectivity index (χ2n) is 3.68. The molecule has 5 nitrogen and oxygen atoms in total. The van der Waals surface area contributed by atoms with E-state index in [0.717, 1.165) is 9.87 Å². The van der Waals surface area contributed by atoms with Crippen LogP contribution in [0.4, 0.5) is 0 Å². The van der Waals surface area contributed by atoms with Gasteiger partial charge in [0, 0.05) is 31.6 Å². The van der Waals surface area contributed by atoms with Crippen LogP contribution in [0.25, 0.3) is 0 Å².